The molecule has 8 nitrogen and oxygen atoms in total. The van der Waals surface area contributed by atoms with Gasteiger partial charge in [-0.1, -0.05) is 6.07 Å². The molecule has 1 saturated carbocycles. The molecule has 5 rings (SSSR count). The number of hydrogen-bond acceptors (Lipinski definition) is 7. The molecule has 1 fully saturated rings. The van der Waals surface area contributed by atoms with E-state index < -0.39 is 29.8 Å². The number of pyridine rings is 2. The van der Waals surface area contributed by atoms with Gasteiger partial charge in [0.1, 0.15) is 18.1 Å². The summed E-state index contributed by atoms with van der Waals surface area (Å²) in [6.07, 6.45) is -2.29. The van der Waals surface area contributed by atoms with Crippen LogP contribution in [0.15, 0.2) is 54.6 Å². The Morgan fingerprint density at radius 2 is 1.84 bits per heavy atom. The molecular formula is C27H22F3N5O3. The summed E-state index contributed by atoms with van der Waals surface area (Å²) in [4.78, 5) is 28.3. The summed E-state index contributed by atoms with van der Waals surface area (Å²) in [7, 11) is 0. The van der Waals surface area contributed by atoms with Crippen LogP contribution in [0.25, 0.3) is 22.4 Å². The predicted octanol–water partition coefficient (Wildman–Crippen LogP) is 5.34. The van der Waals surface area contributed by atoms with Gasteiger partial charge in [0.2, 0.25) is 11.8 Å². The minimum absolute atomic E-state index is 0.0182. The third-order valence-electron chi connectivity index (χ3n) is 6.17. The maximum atomic E-state index is 13.6. The number of aromatic nitrogens is 4. The first-order valence-corrected chi connectivity index (χ1v) is 11.7. The average Bonchev–Trinajstić information content (AvgIpc) is 3.69. The fraction of sp³-hybridized carbons (Fsp3) is 0.222. The number of carbonyl (C=O) groups is 1. The van der Waals surface area contributed by atoms with Crippen LogP contribution in [0.4, 0.5) is 19.1 Å². The van der Waals surface area contributed by atoms with Crippen LogP contribution in [-0.4, -0.2) is 31.0 Å². The van der Waals surface area contributed by atoms with E-state index in [1.54, 1.807) is 31.2 Å². The molecule has 1 aliphatic rings. The Balaban J connectivity index is 1.56. The van der Waals surface area contributed by atoms with Crippen LogP contribution in [0.2, 0.25) is 0 Å². The number of nitrogen functional groups attached to an aromatic ring is 1. The summed E-state index contributed by atoms with van der Waals surface area (Å²) < 4.78 is 46.9. The van der Waals surface area contributed by atoms with E-state index in [0.717, 1.165) is 0 Å². The number of nitrogens with zero attached hydrogens (tertiary/aromatic N) is 4. The number of anilines is 1. The number of aryl methyl sites for hydroxylation is 1. The third-order valence-corrected chi connectivity index (χ3v) is 6.17. The predicted molar refractivity (Wildman–Crippen MR) is 132 cm³/mol. The first-order valence-electron chi connectivity index (χ1n) is 11.7. The second kappa shape index (κ2) is 10.1. The van der Waals surface area contributed by atoms with Crippen molar-refractivity contribution < 1.29 is 27.8 Å². The highest BCUT2D eigenvalue weighted by Gasteiger charge is 2.45. The van der Waals surface area contributed by atoms with Gasteiger partial charge >= 0.3 is 5.97 Å². The van der Waals surface area contributed by atoms with Crippen LogP contribution in [0.3, 0.4) is 0 Å². The number of rotatable bonds is 8. The molecule has 11 heteroatoms. The molecule has 0 spiro atoms. The molecule has 0 aliphatic heterocycles. The number of nitrogens with two attached hydrogens (primary N) is 1. The van der Waals surface area contributed by atoms with E-state index in [9.17, 15) is 23.1 Å². The van der Waals surface area contributed by atoms with Crippen molar-refractivity contribution in [3.63, 3.8) is 0 Å². The highest BCUT2D eigenvalue weighted by molar-refractivity contribution is 5.85. The molecule has 0 radical (unpaired) electrons. The van der Waals surface area contributed by atoms with Gasteiger partial charge in [-0.05, 0) is 67.4 Å². The monoisotopic (exact) mass is 521 g/mol. The van der Waals surface area contributed by atoms with Crippen molar-refractivity contribution in [2.24, 2.45) is 5.92 Å². The topological polar surface area (TPSA) is 124 Å². The third kappa shape index (κ3) is 5.26. The number of halogens is 3. The molecule has 3 aromatic heterocycles. The Labute approximate surface area is 215 Å². The zero-order valence-electron chi connectivity index (χ0n) is 20.1. The Morgan fingerprint density at radius 3 is 2.53 bits per heavy atom. The molecule has 0 saturated heterocycles. The van der Waals surface area contributed by atoms with Gasteiger partial charge in [0.05, 0.1) is 22.9 Å². The van der Waals surface area contributed by atoms with E-state index in [4.69, 9.17) is 10.5 Å². The van der Waals surface area contributed by atoms with Crippen LogP contribution in [0.5, 0.6) is 5.88 Å². The SMILES string of the molecule is Cc1cc(-c2c(OCc3cccc([C@@H]4C[C@@H]4C(=O)O)n3)nc(N)nc2-c2ccc(F)cc2)cc(C(F)F)n1. The number of alkyl halides is 2. The van der Waals surface area contributed by atoms with Crippen molar-refractivity contribution in [3.05, 3.63) is 83.2 Å². The largest absolute Gasteiger partial charge is 0.481 e. The fourth-order valence-electron chi connectivity index (χ4n) is 4.31. The standard InChI is InChI=1S/C27H22F3N5O3/c1-13-9-15(10-21(32-13)24(29)30)22-23(14-5-7-16(28)8-6-14)34-27(31)35-25(22)38-12-17-3-2-4-20(33-17)18-11-19(18)26(36)37/h2-10,18-19,24H,11-12H2,1H3,(H,36,37)(H2,31,34,35)/t18-,19+/m1/s1. The van der Waals surface area contributed by atoms with E-state index in [2.05, 4.69) is 19.9 Å². The van der Waals surface area contributed by atoms with Crippen molar-refractivity contribution in [3.8, 4) is 28.3 Å². The number of aliphatic carboxylic acids is 1. The van der Waals surface area contributed by atoms with Crippen LogP contribution in [-0.2, 0) is 11.4 Å². The molecule has 1 aromatic carbocycles. The molecule has 0 bridgehead atoms. The van der Waals surface area contributed by atoms with E-state index >= 15 is 0 Å². The summed E-state index contributed by atoms with van der Waals surface area (Å²) >= 11 is 0. The van der Waals surface area contributed by atoms with Gasteiger partial charge in [0, 0.05) is 22.9 Å². The fourth-order valence-corrected chi connectivity index (χ4v) is 4.31. The number of carboxylic acid groups (broad SMARTS) is 1. The minimum Gasteiger partial charge on any atom is -0.481 e. The Morgan fingerprint density at radius 1 is 1.08 bits per heavy atom. The van der Waals surface area contributed by atoms with Crippen molar-refractivity contribution in [1.29, 1.82) is 0 Å². The van der Waals surface area contributed by atoms with E-state index in [-0.39, 0.29) is 35.6 Å². The molecule has 3 heterocycles. The smallest absolute Gasteiger partial charge is 0.307 e. The van der Waals surface area contributed by atoms with Gasteiger partial charge < -0.3 is 15.6 Å². The Bertz CT molecular complexity index is 1510. The maximum absolute atomic E-state index is 13.6. The zero-order valence-corrected chi connectivity index (χ0v) is 20.1. The first kappa shape index (κ1) is 25.1. The normalized spacial score (nSPS) is 16.4. The average molecular weight is 521 g/mol. The second-order valence-corrected chi connectivity index (χ2v) is 8.97. The molecule has 4 aromatic rings. The molecule has 194 valence electrons. The molecule has 1 aliphatic carbocycles. The van der Waals surface area contributed by atoms with Gasteiger partial charge in [0.25, 0.3) is 6.43 Å². The number of ether oxygens (including phenoxy) is 1. The zero-order chi connectivity index (χ0) is 27.0. The molecule has 0 unspecified atom stereocenters. The Hall–Kier alpha value is -4.54. The van der Waals surface area contributed by atoms with Crippen LogP contribution in [0, 0.1) is 18.7 Å². The van der Waals surface area contributed by atoms with Gasteiger partial charge in [-0.2, -0.15) is 4.98 Å². The summed E-state index contributed by atoms with van der Waals surface area (Å²) in [5.74, 6) is -2.04. The van der Waals surface area contributed by atoms with Gasteiger partial charge in [-0.15, -0.1) is 0 Å². The van der Waals surface area contributed by atoms with Crippen LogP contribution < -0.4 is 10.5 Å². The maximum Gasteiger partial charge on any atom is 0.307 e. The second-order valence-electron chi connectivity index (χ2n) is 8.97. The van der Waals surface area contributed by atoms with Gasteiger partial charge in [-0.25, -0.2) is 18.2 Å². The molecule has 3 N–H and O–H groups in total. The summed E-state index contributed by atoms with van der Waals surface area (Å²) in [6.45, 7) is 1.53. The highest BCUT2D eigenvalue weighted by atomic mass is 19.3. The Kier molecular flexibility index (Phi) is 6.66. The summed E-state index contributed by atoms with van der Waals surface area (Å²) in [5.41, 5.74) is 8.42. The minimum atomic E-state index is -2.81. The lowest BCUT2D eigenvalue weighted by Crippen LogP contribution is -2.08. The first-order chi connectivity index (χ1) is 18.2. The molecule has 2 atom stereocenters. The van der Waals surface area contributed by atoms with Crippen molar-refractivity contribution in [2.75, 3.05) is 5.73 Å². The van der Waals surface area contributed by atoms with Crippen LogP contribution in [0.1, 0.15) is 41.5 Å². The lowest BCUT2D eigenvalue weighted by molar-refractivity contribution is -0.138. The van der Waals surface area contributed by atoms with Gasteiger partial charge in [0.15, 0.2) is 0 Å². The van der Waals surface area contributed by atoms with E-state index in [0.29, 0.717) is 34.6 Å². The summed E-state index contributed by atoms with van der Waals surface area (Å²) in [5, 5.41) is 9.23. The molecule has 0 amide bonds. The summed E-state index contributed by atoms with van der Waals surface area (Å²) in [6, 6.07) is 13.6. The quantitative estimate of drug-likeness (QED) is 0.319. The highest BCUT2D eigenvalue weighted by Crippen LogP contribution is 2.46. The van der Waals surface area contributed by atoms with E-state index in [1.165, 1.54) is 30.3 Å². The lowest BCUT2D eigenvalue weighted by Gasteiger charge is -2.16. The molecule has 38 heavy (non-hydrogen) atoms. The van der Waals surface area contributed by atoms with Crippen molar-refractivity contribution in [1.82, 2.24) is 19.9 Å². The van der Waals surface area contributed by atoms with Crippen LogP contribution >= 0.6 is 0 Å². The number of carboxylic acids is 1. The molecular weight excluding hydrogens is 499 g/mol. The lowest BCUT2D eigenvalue weighted by atomic mass is 9.99. The van der Waals surface area contributed by atoms with E-state index in [1.807, 2.05) is 0 Å². The van der Waals surface area contributed by atoms with Gasteiger partial charge in [-0.3, -0.25) is 14.8 Å². The van der Waals surface area contributed by atoms with Crippen molar-refractivity contribution in [2.45, 2.75) is 32.3 Å². The van der Waals surface area contributed by atoms with Crippen molar-refractivity contribution >= 4 is 11.9 Å². The number of benzene rings is 1. The number of hydrogen-bond donors (Lipinski definition) is 2.